The fourth-order valence-corrected chi connectivity index (χ4v) is 1.35. The van der Waals surface area contributed by atoms with E-state index >= 15 is 0 Å². The molecule has 0 saturated heterocycles. The molecule has 0 radical (unpaired) electrons. The summed E-state index contributed by atoms with van der Waals surface area (Å²) in [5, 5.41) is 9.58. The molecule has 0 spiro atoms. The number of hydrogen-bond acceptors (Lipinski definition) is 4. The summed E-state index contributed by atoms with van der Waals surface area (Å²) in [6, 6.07) is 0. The zero-order valence-electron chi connectivity index (χ0n) is 12.8. The van der Waals surface area contributed by atoms with Crippen LogP contribution >= 0.6 is 0 Å². The highest BCUT2D eigenvalue weighted by atomic mass is 16.6. The van der Waals surface area contributed by atoms with Crippen LogP contribution < -0.4 is 0 Å². The molecule has 0 aliphatic rings. The van der Waals surface area contributed by atoms with E-state index in [1.165, 1.54) is 0 Å². The van der Waals surface area contributed by atoms with Crippen LogP contribution in [0.1, 0.15) is 61.3 Å². The minimum absolute atomic E-state index is 0.204. The van der Waals surface area contributed by atoms with Crippen molar-refractivity contribution in [1.82, 2.24) is 0 Å². The van der Waals surface area contributed by atoms with E-state index in [1.807, 2.05) is 34.6 Å². The van der Waals surface area contributed by atoms with Gasteiger partial charge in [0.05, 0.1) is 24.2 Å². The van der Waals surface area contributed by atoms with Gasteiger partial charge in [-0.2, -0.15) is 0 Å². The maximum absolute atomic E-state index is 11.7. The molecule has 0 unspecified atom stereocenters. The Morgan fingerprint density at radius 3 is 1.94 bits per heavy atom. The lowest BCUT2D eigenvalue weighted by molar-refractivity contribution is -0.161. The van der Waals surface area contributed by atoms with Crippen LogP contribution in [0.4, 0.5) is 0 Å². The molecule has 108 valence electrons. The molecule has 4 nitrogen and oxygen atoms in total. The zero-order chi connectivity index (χ0) is 14.6. The van der Waals surface area contributed by atoms with Crippen molar-refractivity contribution in [3.63, 3.8) is 0 Å². The Morgan fingerprint density at radius 2 is 1.56 bits per heavy atom. The number of hydrogen-bond donors (Lipinski definition) is 1. The number of carbonyl (C=O) groups is 1. The summed E-state index contributed by atoms with van der Waals surface area (Å²) < 4.78 is 10.9. The first kappa shape index (κ1) is 17.4. The third-order valence-corrected chi connectivity index (χ3v) is 2.20. The van der Waals surface area contributed by atoms with Gasteiger partial charge in [-0.3, -0.25) is 4.79 Å². The van der Waals surface area contributed by atoms with E-state index in [1.54, 1.807) is 13.8 Å². The van der Waals surface area contributed by atoms with Crippen molar-refractivity contribution in [1.29, 1.82) is 0 Å². The SMILES string of the molecule is CC(C)(O)CCOC(C)(C)CC(=O)OC(C)(C)C. The van der Waals surface area contributed by atoms with Gasteiger partial charge in [0, 0.05) is 0 Å². The molecule has 18 heavy (non-hydrogen) atoms. The van der Waals surface area contributed by atoms with E-state index in [9.17, 15) is 9.90 Å². The molecule has 0 fully saturated rings. The first-order valence-corrected chi connectivity index (χ1v) is 6.39. The van der Waals surface area contributed by atoms with Crippen LogP contribution in [-0.4, -0.2) is 34.5 Å². The van der Waals surface area contributed by atoms with Crippen molar-refractivity contribution in [3.05, 3.63) is 0 Å². The first-order valence-electron chi connectivity index (χ1n) is 6.39. The lowest BCUT2D eigenvalue weighted by atomic mass is 10.0. The van der Waals surface area contributed by atoms with E-state index < -0.39 is 16.8 Å². The van der Waals surface area contributed by atoms with Crippen LogP contribution in [0.3, 0.4) is 0 Å². The summed E-state index contributed by atoms with van der Waals surface area (Å²) in [7, 11) is 0. The molecule has 1 N–H and O–H groups in total. The second-order valence-corrected chi connectivity index (χ2v) is 6.93. The van der Waals surface area contributed by atoms with Crippen molar-refractivity contribution >= 4 is 5.97 Å². The molecule has 4 heteroatoms. The molecule has 0 heterocycles. The van der Waals surface area contributed by atoms with Crippen molar-refractivity contribution in [2.24, 2.45) is 0 Å². The minimum Gasteiger partial charge on any atom is -0.460 e. The summed E-state index contributed by atoms with van der Waals surface area (Å²) in [6.45, 7) is 13.1. The third kappa shape index (κ3) is 10.5. The molecule has 0 bridgehead atoms. The smallest absolute Gasteiger partial charge is 0.309 e. The predicted molar refractivity (Wildman–Crippen MR) is 71.4 cm³/mol. The van der Waals surface area contributed by atoms with Crippen molar-refractivity contribution < 1.29 is 19.4 Å². The van der Waals surface area contributed by atoms with Gasteiger partial charge < -0.3 is 14.6 Å². The average Bonchev–Trinajstić information content (AvgIpc) is 1.93. The average molecular weight is 260 g/mol. The van der Waals surface area contributed by atoms with Crippen molar-refractivity contribution in [2.75, 3.05) is 6.61 Å². The van der Waals surface area contributed by atoms with Crippen molar-refractivity contribution in [2.45, 2.75) is 78.1 Å². The Labute approximate surface area is 111 Å². The number of rotatable bonds is 6. The predicted octanol–water partition coefficient (Wildman–Crippen LogP) is 2.67. The fraction of sp³-hybridized carbons (Fsp3) is 0.929. The van der Waals surface area contributed by atoms with E-state index in [2.05, 4.69) is 0 Å². The molecule has 0 aliphatic carbocycles. The summed E-state index contributed by atoms with van der Waals surface area (Å²) in [6.07, 6.45) is 0.737. The second-order valence-electron chi connectivity index (χ2n) is 6.93. The largest absolute Gasteiger partial charge is 0.460 e. The van der Waals surface area contributed by atoms with Gasteiger partial charge in [0.1, 0.15) is 5.60 Å². The molecular formula is C14H28O4. The van der Waals surface area contributed by atoms with Crippen LogP contribution in [0, 0.1) is 0 Å². The van der Waals surface area contributed by atoms with Crippen LogP contribution in [0.25, 0.3) is 0 Å². The van der Waals surface area contributed by atoms with Gasteiger partial charge >= 0.3 is 5.97 Å². The lowest BCUT2D eigenvalue weighted by Gasteiger charge is -2.28. The van der Waals surface area contributed by atoms with E-state index in [0.717, 1.165) is 0 Å². The number of ether oxygens (including phenoxy) is 2. The summed E-state index contributed by atoms with van der Waals surface area (Å²) in [5.74, 6) is -0.268. The number of esters is 1. The zero-order valence-corrected chi connectivity index (χ0v) is 12.8. The summed E-state index contributed by atoms with van der Waals surface area (Å²) >= 11 is 0. The fourth-order valence-electron chi connectivity index (χ4n) is 1.35. The van der Waals surface area contributed by atoms with E-state index in [0.29, 0.717) is 13.0 Å². The maximum atomic E-state index is 11.7. The number of carbonyl (C=O) groups excluding carboxylic acids is 1. The summed E-state index contributed by atoms with van der Waals surface area (Å²) in [5.41, 5.74) is -1.80. The molecule has 0 saturated carbocycles. The number of aliphatic hydroxyl groups is 1. The molecule has 0 aliphatic heterocycles. The molecule has 0 amide bonds. The Morgan fingerprint density at radius 1 is 1.06 bits per heavy atom. The van der Waals surface area contributed by atoms with Crippen LogP contribution in [0.5, 0.6) is 0 Å². The monoisotopic (exact) mass is 260 g/mol. The minimum atomic E-state index is -0.748. The maximum Gasteiger partial charge on any atom is 0.309 e. The summed E-state index contributed by atoms with van der Waals surface area (Å²) in [4.78, 5) is 11.7. The Kier molecular flexibility index (Phi) is 5.82. The van der Waals surface area contributed by atoms with Crippen LogP contribution in [0.15, 0.2) is 0 Å². The van der Waals surface area contributed by atoms with Gasteiger partial charge in [0.2, 0.25) is 0 Å². The molecule has 0 aromatic heterocycles. The third-order valence-electron chi connectivity index (χ3n) is 2.20. The van der Waals surface area contributed by atoms with Gasteiger partial charge in [0.15, 0.2) is 0 Å². The Hall–Kier alpha value is -0.610. The molecular weight excluding hydrogens is 232 g/mol. The Balaban J connectivity index is 4.11. The molecule has 0 aromatic rings. The molecule has 0 aromatic carbocycles. The van der Waals surface area contributed by atoms with Crippen LogP contribution in [-0.2, 0) is 14.3 Å². The van der Waals surface area contributed by atoms with E-state index in [-0.39, 0.29) is 12.4 Å². The van der Waals surface area contributed by atoms with Gasteiger partial charge in [-0.05, 0) is 54.9 Å². The quantitative estimate of drug-likeness (QED) is 0.746. The van der Waals surface area contributed by atoms with Gasteiger partial charge in [-0.15, -0.1) is 0 Å². The van der Waals surface area contributed by atoms with Crippen LogP contribution in [0.2, 0.25) is 0 Å². The van der Waals surface area contributed by atoms with Gasteiger partial charge in [-0.25, -0.2) is 0 Å². The normalized spacial score (nSPS) is 13.6. The first-order chi connectivity index (χ1) is 7.81. The highest BCUT2D eigenvalue weighted by Gasteiger charge is 2.27. The standard InChI is InChI=1S/C14H28O4/c1-12(2,3)18-11(15)10-14(6,7)17-9-8-13(4,5)16/h16H,8-10H2,1-7H3. The topological polar surface area (TPSA) is 55.8 Å². The molecule has 0 atom stereocenters. The lowest BCUT2D eigenvalue weighted by Crippen LogP contribution is -2.34. The van der Waals surface area contributed by atoms with Gasteiger partial charge in [0.25, 0.3) is 0 Å². The van der Waals surface area contributed by atoms with E-state index in [4.69, 9.17) is 9.47 Å². The molecule has 0 rings (SSSR count). The highest BCUT2D eigenvalue weighted by Crippen LogP contribution is 2.19. The second kappa shape index (κ2) is 6.02. The van der Waals surface area contributed by atoms with Gasteiger partial charge in [-0.1, -0.05) is 0 Å². The Bertz CT molecular complexity index is 268. The highest BCUT2D eigenvalue weighted by molar-refractivity contribution is 5.71. The van der Waals surface area contributed by atoms with Crippen molar-refractivity contribution in [3.8, 4) is 0 Å².